The Bertz CT molecular complexity index is 314. The normalized spacial score (nSPS) is 14.6. The van der Waals surface area contributed by atoms with E-state index in [1.807, 2.05) is 11.4 Å². The van der Waals surface area contributed by atoms with Crippen molar-refractivity contribution in [1.82, 2.24) is 5.32 Å². The standard InChI is InChI=1S/C11H18N2O2S/c1-3-8(10-5-4-6-16-10)13-9(7-15-2)11(12)14/h4-6,8-9,13H,3,7H2,1-2H3,(H2,12,14). The number of nitrogens with one attached hydrogen (secondary N) is 1. The van der Waals surface area contributed by atoms with E-state index in [2.05, 4.69) is 18.3 Å². The largest absolute Gasteiger partial charge is 0.383 e. The van der Waals surface area contributed by atoms with Crippen molar-refractivity contribution in [3.8, 4) is 0 Å². The highest BCUT2D eigenvalue weighted by Gasteiger charge is 2.20. The maximum absolute atomic E-state index is 11.2. The fourth-order valence-electron chi connectivity index (χ4n) is 1.51. The number of hydrogen-bond donors (Lipinski definition) is 2. The van der Waals surface area contributed by atoms with E-state index in [1.54, 1.807) is 18.4 Å². The Morgan fingerprint density at radius 1 is 1.69 bits per heavy atom. The van der Waals surface area contributed by atoms with Gasteiger partial charge in [-0.05, 0) is 17.9 Å². The highest BCUT2D eigenvalue weighted by atomic mass is 32.1. The molecule has 0 aliphatic carbocycles. The van der Waals surface area contributed by atoms with Gasteiger partial charge < -0.3 is 10.5 Å². The van der Waals surface area contributed by atoms with Crippen LogP contribution in [-0.4, -0.2) is 25.7 Å². The van der Waals surface area contributed by atoms with Crippen LogP contribution in [0.1, 0.15) is 24.3 Å². The van der Waals surface area contributed by atoms with E-state index in [4.69, 9.17) is 10.5 Å². The molecule has 0 fully saturated rings. The third-order valence-electron chi connectivity index (χ3n) is 2.37. The van der Waals surface area contributed by atoms with Gasteiger partial charge in [0.1, 0.15) is 6.04 Å². The SMILES string of the molecule is CCC(NC(COC)C(N)=O)c1cccs1. The minimum absolute atomic E-state index is 0.160. The molecule has 3 N–H and O–H groups in total. The van der Waals surface area contributed by atoms with Crippen LogP contribution in [0.4, 0.5) is 0 Å². The Kier molecular flexibility index (Phi) is 5.45. The zero-order valence-corrected chi connectivity index (χ0v) is 10.4. The monoisotopic (exact) mass is 242 g/mol. The molecule has 0 radical (unpaired) electrons. The van der Waals surface area contributed by atoms with Crippen LogP contribution in [0.25, 0.3) is 0 Å². The Balaban J connectivity index is 2.64. The second kappa shape index (κ2) is 6.62. The van der Waals surface area contributed by atoms with Gasteiger partial charge in [-0.1, -0.05) is 13.0 Å². The second-order valence-electron chi connectivity index (χ2n) is 3.55. The van der Waals surface area contributed by atoms with Gasteiger partial charge in [0.15, 0.2) is 0 Å². The first-order valence-electron chi connectivity index (χ1n) is 5.26. The summed E-state index contributed by atoms with van der Waals surface area (Å²) in [6, 6.07) is 3.78. The van der Waals surface area contributed by atoms with E-state index >= 15 is 0 Å². The third-order valence-corrected chi connectivity index (χ3v) is 3.36. The van der Waals surface area contributed by atoms with E-state index in [0.29, 0.717) is 6.61 Å². The van der Waals surface area contributed by atoms with E-state index in [1.165, 1.54) is 4.88 Å². The lowest BCUT2D eigenvalue weighted by atomic mass is 10.1. The molecule has 1 aromatic rings. The molecule has 0 bridgehead atoms. The predicted molar refractivity (Wildman–Crippen MR) is 65.3 cm³/mol. The predicted octanol–water partition coefficient (Wildman–Crippen LogP) is 1.29. The number of carbonyl (C=O) groups is 1. The number of methoxy groups -OCH3 is 1. The van der Waals surface area contributed by atoms with Crippen LogP contribution in [-0.2, 0) is 9.53 Å². The van der Waals surface area contributed by atoms with Crippen molar-refractivity contribution in [2.24, 2.45) is 5.73 Å². The quantitative estimate of drug-likeness (QED) is 0.757. The average molecular weight is 242 g/mol. The van der Waals surface area contributed by atoms with E-state index in [9.17, 15) is 4.79 Å². The number of carbonyl (C=O) groups excluding carboxylic acids is 1. The first-order valence-corrected chi connectivity index (χ1v) is 6.14. The van der Waals surface area contributed by atoms with Gasteiger partial charge in [0.05, 0.1) is 6.61 Å². The molecule has 90 valence electrons. The molecular formula is C11H18N2O2S. The highest BCUT2D eigenvalue weighted by Crippen LogP contribution is 2.22. The average Bonchev–Trinajstić information content (AvgIpc) is 2.77. The number of amides is 1. The van der Waals surface area contributed by atoms with Gasteiger partial charge in [0.25, 0.3) is 0 Å². The van der Waals surface area contributed by atoms with Gasteiger partial charge in [-0.3, -0.25) is 10.1 Å². The van der Waals surface area contributed by atoms with Gasteiger partial charge in [-0.25, -0.2) is 0 Å². The lowest BCUT2D eigenvalue weighted by Crippen LogP contribution is -2.45. The Labute approximate surface area is 99.8 Å². The first kappa shape index (κ1) is 13.2. The first-order chi connectivity index (χ1) is 7.69. The maximum atomic E-state index is 11.2. The van der Waals surface area contributed by atoms with Gasteiger partial charge in [0, 0.05) is 18.0 Å². The summed E-state index contributed by atoms with van der Waals surface area (Å²) in [6.07, 6.45) is 0.911. The maximum Gasteiger partial charge on any atom is 0.236 e. The molecule has 0 spiro atoms. The molecule has 1 rings (SSSR count). The molecule has 5 heteroatoms. The van der Waals surface area contributed by atoms with Crippen molar-refractivity contribution in [3.05, 3.63) is 22.4 Å². The van der Waals surface area contributed by atoms with E-state index in [0.717, 1.165) is 6.42 Å². The molecule has 2 atom stereocenters. The van der Waals surface area contributed by atoms with E-state index < -0.39 is 6.04 Å². The molecule has 1 aromatic heterocycles. The van der Waals surface area contributed by atoms with Crippen molar-refractivity contribution in [2.75, 3.05) is 13.7 Å². The van der Waals surface area contributed by atoms with Crippen LogP contribution in [0.5, 0.6) is 0 Å². The molecule has 1 amide bonds. The Hall–Kier alpha value is -0.910. The smallest absolute Gasteiger partial charge is 0.236 e. The number of nitrogens with two attached hydrogens (primary N) is 1. The topological polar surface area (TPSA) is 64.3 Å². The number of thiophene rings is 1. The molecule has 4 nitrogen and oxygen atoms in total. The Morgan fingerprint density at radius 3 is 2.88 bits per heavy atom. The van der Waals surface area contributed by atoms with Gasteiger partial charge >= 0.3 is 0 Å². The van der Waals surface area contributed by atoms with Crippen LogP contribution >= 0.6 is 11.3 Å². The van der Waals surface area contributed by atoms with Crippen molar-refractivity contribution in [3.63, 3.8) is 0 Å². The third kappa shape index (κ3) is 3.59. The summed E-state index contributed by atoms with van der Waals surface area (Å²) in [5.74, 6) is -0.378. The van der Waals surface area contributed by atoms with Crippen molar-refractivity contribution < 1.29 is 9.53 Å². The fraction of sp³-hybridized carbons (Fsp3) is 0.545. The minimum Gasteiger partial charge on any atom is -0.383 e. The van der Waals surface area contributed by atoms with Crippen LogP contribution in [0.3, 0.4) is 0 Å². The summed E-state index contributed by atoms with van der Waals surface area (Å²) in [7, 11) is 1.56. The van der Waals surface area contributed by atoms with Crippen LogP contribution in [0, 0.1) is 0 Å². The van der Waals surface area contributed by atoms with E-state index in [-0.39, 0.29) is 11.9 Å². The zero-order valence-electron chi connectivity index (χ0n) is 9.60. The number of hydrogen-bond acceptors (Lipinski definition) is 4. The van der Waals surface area contributed by atoms with Crippen LogP contribution < -0.4 is 11.1 Å². The molecule has 0 aliphatic rings. The molecule has 0 aliphatic heterocycles. The molecule has 1 heterocycles. The summed E-state index contributed by atoms with van der Waals surface area (Å²) in [5, 5.41) is 5.24. The fourth-order valence-corrected chi connectivity index (χ4v) is 2.38. The summed E-state index contributed by atoms with van der Waals surface area (Å²) >= 11 is 1.67. The Morgan fingerprint density at radius 2 is 2.44 bits per heavy atom. The van der Waals surface area contributed by atoms with Gasteiger partial charge in [-0.15, -0.1) is 11.3 Å². The zero-order chi connectivity index (χ0) is 12.0. The van der Waals surface area contributed by atoms with Gasteiger partial charge in [0.2, 0.25) is 5.91 Å². The number of primary amides is 1. The molecular weight excluding hydrogens is 224 g/mol. The minimum atomic E-state index is -0.433. The molecule has 0 aromatic carbocycles. The lowest BCUT2D eigenvalue weighted by Gasteiger charge is -2.21. The summed E-state index contributed by atoms with van der Waals surface area (Å²) in [5.41, 5.74) is 5.30. The lowest BCUT2D eigenvalue weighted by molar-refractivity contribution is -0.121. The van der Waals surface area contributed by atoms with Crippen LogP contribution in [0.2, 0.25) is 0 Å². The number of ether oxygens (including phenoxy) is 1. The molecule has 0 saturated carbocycles. The molecule has 16 heavy (non-hydrogen) atoms. The van der Waals surface area contributed by atoms with Crippen LogP contribution in [0.15, 0.2) is 17.5 Å². The number of rotatable bonds is 7. The van der Waals surface area contributed by atoms with Gasteiger partial charge in [-0.2, -0.15) is 0 Å². The second-order valence-corrected chi connectivity index (χ2v) is 4.53. The highest BCUT2D eigenvalue weighted by molar-refractivity contribution is 7.10. The van der Waals surface area contributed by atoms with Crippen molar-refractivity contribution >= 4 is 17.2 Å². The molecule has 2 unspecified atom stereocenters. The summed E-state index contributed by atoms with van der Waals surface area (Å²) < 4.78 is 4.97. The summed E-state index contributed by atoms with van der Waals surface area (Å²) in [6.45, 7) is 2.37. The molecule has 0 saturated heterocycles. The van der Waals surface area contributed by atoms with Crippen molar-refractivity contribution in [2.45, 2.75) is 25.4 Å². The summed E-state index contributed by atoms with van der Waals surface area (Å²) in [4.78, 5) is 12.4. The van der Waals surface area contributed by atoms with Crippen molar-refractivity contribution in [1.29, 1.82) is 0 Å².